The summed E-state index contributed by atoms with van der Waals surface area (Å²) in [4.78, 5) is 38.7. The van der Waals surface area contributed by atoms with Crippen molar-refractivity contribution in [3.63, 3.8) is 0 Å². The maximum absolute atomic E-state index is 13.7. The smallest absolute Gasteiger partial charge is 0.302 e. The number of ketones is 2. The third kappa shape index (κ3) is 3.61. The van der Waals surface area contributed by atoms with Gasteiger partial charge in [-0.25, -0.2) is 0 Å². The Balaban J connectivity index is 1.51. The maximum Gasteiger partial charge on any atom is 0.302 e. The molecule has 5 aliphatic carbocycles. The van der Waals surface area contributed by atoms with E-state index >= 15 is 0 Å². The molecule has 7 nitrogen and oxygen atoms in total. The standard InChI is InChI=1S/C32H48O7/c1-16(14-33)17(2)27(37)28(38)19(4)26-23(39-20(5)34)13-30(7)24-9-8-21-18(3)22(35)12-25(36)32(21)15-31(24,32)11-10-29(26,30)6/h16,18-19,21,23-27,33,36-37H,2,8-15H2,1,3-7H3/t16-,18-,19-,21-,23-,24-,25-,26-,27?,29+,30-,31-,32+/m0/s1. The number of esters is 1. The SMILES string of the molecule is C=C(C(O)C(=O)[C@@H](C)[C@H]1[C@@H](OC(C)=O)C[C@@]2(C)[C@@H]3CC[C@H]4[C@H](C)C(=O)C[C@H](O)[C@@]45C[C@@]35CC[C@]12C)[C@@H](C)CO. The van der Waals surface area contributed by atoms with E-state index < -0.39 is 30.1 Å². The lowest BCUT2D eigenvalue weighted by Crippen LogP contribution is -2.58. The van der Waals surface area contributed by atoms with Gasteiger partial charge in [-0.3, -0.25) is 14.4 Å². The Kier molecular flexibility index (Phi) is 6.84. The van der Waals surface area contributed by atoms with E-state index in [4.69, 9.17) is 4.74 Å². The van der Waals surface area contributed by atoms with Gasteiger partial charge in [-0.2, -0.15) is 0 Å². The molecule has 218 valence electrons. The molecule has 39 heavy (non-hydrogen) atoms. The highest BCUT2D eigenvalue weighted by atomic mass is 16.5. The van der Waals surface area contributed by atoms with Crippen LogP contribution in [0, 0.1) is 57.2 Å². The van der Waals surface area contributed by atoms with Crippen molar-refractivity contribution in [3.8, 4) is 0 Å². The lowest BCUT2D eigenvalue weighted by molar-refractivity contribution is -0.167. The first-order valence-electron chi connectivity index (χ1n) is 15.0. The van der Waals surface area contributed by atoms with E-state index in [2.05, 4.69) is 20.4 Å². The molecule has 0 amide bonds. The molecule has 0 radical (unpaired) electrons. The lowest BCUT2D eigenvalue weighted by atomic mass is 9.42. The molecule has 1 unspecified atom stereocenters. The molecule has 0 bridgehead atoms. The molecule has 5 fully saturated rings. The zero-order valence-electron chi connectivity index (χ0n) is 24.5. The summed E-state index contributed by atoms with van der Waals surface area (Å²) in [5.74, 6) is -1.28. The number of hydrogen-bond acceptors (Lipinski definition) is 7. The fourth-order valence-corrected chi connectivity index (χ4v) is 11.1. The first-order valence-corrected chi connectivity index (χ1v) is 15.0. The Hall–Kier alpha value is -1.57. The normalized spacial score (nSPS) is 48.5. The molecule has 2 spiro atoms. The summed E-state index contributed by atoms with van der Waals surface area (Å²) in [5, 5.41) is 31.9. The Labute approximate surface area is 232 Å². The third-order valence-corrected chi connectivity index (χ3v) is 13.4. The van der Waals surface area contributed by atoms with Crippen molar-refractivity contribution in [2.75, 3.05) is 6.61 Å². The summed E-state index contributed by atoms with van der Waals surface area (Å²) >= 11 is 0. The number of fused-ring (bicyclic) bond motifs is 2. The molecule has 5 saturated carbocycles. The highest BCUT2D eigenvalue weighted by molar-refractivity contribution is 5.88. The van der Waals surface area contributed by atoms with E-state index in [0.29, 0.717) is 17.9 Å². The predicted molar refractivity (Wildman–Crippen MR) is 145 cm³/mol. The van der Waals surface area contributed by atoms with Crippen LogP contribution < -0.4 is 0 Å². The fourth-order valence-electron chi connectivity index (χ4n) is 11.1. The molecule has 0 aromatic heterocycles. The first-order chi connectivity index (χ1) is 18.1. The molecular weight excluding hydrogens is 496 g/mol. The fraction of sp³-hybridized carbons (Fsp3) is 0.844. The van der Waals surface area contributed by atoms with Crippen LogP contribution in [0.15, 0.2) is 12.2 Å². The van der Waals surface area contributed by atoms with Gasteiger partial charge in [-0.1, -0.05) is 41.2 Å². The quantitative estimate of drug-likeness (QED) is 0.329. The van der Waals surface area contributed by atoms with Gasteiger partial charge >= 0.3 is 5.97 Å². The van der Waals surface area contributed by atoms with Crippen molar-refractivity contribution >= 4 is 17.5 Å². The predicted octanol–water partition coefficient (Wildman–Crippen LogP) is 3.87. The van der Waals surface area contributed by atoms with E-state index in [1.54, 1.807) is 6.92 Å². The van der Waals surface area contributed by atoms with Crippen LogP contribution in [0.5, 0.6) is 0 Å². The van der Waals surface area contributed by atoms with Crippen LogP contribution in [0.3, 0.4) is 0 Å². The second kappa shape index (κ2) is 9.22. The number of Topliss-reactive ketones (excluding diaryl/α,β-unsaturated/α-hetero) is 2. The van der Waals surface area contributed by atoms with Gasteiger partial charge in [-0.05, 0) is 72.2 Å². The number of rotatable bonds is 7. The number of aliphatic hydroxyl groups excluding tert-OH is 3. The minimum Gasteiger partial charge on any atom is -0.462 e. The van der Waals surface area contributed by atoms with E-state index in [1.807, 2.05) is 13.8 Å². The first kappa shape index (κ1) is 28.9. The van der Waals surface area contributed by atoms with Crippen LogP contribution in [0.25, 0.3) is 0 Å². The minimum atomic E-state index is -1.39. The van der Waals surface area contributed by atoms with E-state index in [-0.39, 0.29) is 70.0 Å². The van der Waals surface area contributed by atoms with Gasteiger partial charge in [0.25, 0.3) is 0 Å². The summed E-state index contributed by atoms with van der Waals surface area (Å²) in [7, 11) is 0. The molecule has 7 heteroatoms. The van der Waals surface area contributed by atoms with Gasteiger partial charge in [0, 0.05) is 49.0 Å². The number of hydrogen-bond donors (Lipinski definition) is 3. The van der Waals surface area contributed by atoms with Crippen molar-refractivity contribution in [1.82, 2.24) is 0 Å². The molecule has 0 heterocycles. The van der Waals surface area contributed by atoms with E-state index in [1.165, 1.54) is 6.92 Å². The molecule has 5 rings (SSSR count). The van der Waals surface area contributed by atoms with E-state index in [9.17, 15) is 29.7 Å². The second-order valence-electron chi connectivity index (χ2n) is 14.5. The second-order valence-corrected chi connectivity index (χ2v) is 14.5. The highest BCUT2D eigenvalue weighted by Gasteiger charge is 2.84. The Morgan fingerprint density at radius 1 is 1.15 bits per heavy atom. The van der Waals surface area contributed by atoms with Crippen LogP contribution in [0.1, 0.15) is 86.5 Å². The average Bonchev–Trinajstić information content (AvgIpc) is 3.52. The summed E-state index contributed by atoms with van der Waals surface area (Å²) in [6.45, 7) is 15.3. The van der Waals surface area contributed by atoms with Crippen molar-refractivity contribution < 1.29 is 34.4 Å². The Bertz CT molecular complexity index is 1080. The number of aliphatic hydroxyl groups is 3. The molecule has 3 N–H and O–H groups in total. The van der Waals surface area contributed by atoms with Crippen LogP contribution >= 0.6 is 0 Å². The zero-order chi connectivity index (χ0) is 28.9. The van der Waals surface area contributed by atoms with Gasteiger partial charge in [0.2, 0.25) is 0 Å². The molecule has 0 aromatic rings. The van der Waals surface area contributed by atoms with Gasteiger partial charge in [0.05, 0.1) is 6.10 Å². The average molecular weight is 545 g/mol. The van der Waals surface area contributed by atoms with E-state index in [0.717, 1.165) is 32.1 Å². The molecule has 0 aliphatic heterocycles. The molecular formula is C32H48O7. The molecule has 0 saturated heterocycles. The van der Waals surface area contributed by atoms with Crippen LogP contribution in [0.4, 0.5) is 0 Å². The molecule has 0 aromatic carbocycles. The number of carbonyl (C=O) groups is 3. The number of ether oxygens (including phenoxy) is 1. The van der Waals surface area contributed by atoms with Gasteiger partial charge in [0.1, 0.15) is 18.0 Å². The topological polar surface area (TPSA) is 121 Å². The monoisotopic (exact) mass is 544 g/mol. The van der Waals surface area contributed by atoms with Crippen molar-refractivity contribution in [2.24, 2.45) is 57.2 Å². The summed E-state index contributed by atoms with van der Waals surface area (Å²) in [6, 6.07) is 0. The summed E-state index contributed by atoms with van der Waals surface area (Å²) < 4.78 is 5.98. The largest absolute Gasteiger partial charge is 0.462 e. The minimum absolute atomic E-state index is 0.0199. The summed E-state index contributed by atoms with van der Waals surface area (Å²) in [6.07, 6.45) is 3.07. The van der Waals surface area contributed by atoms with Crippen LogP contribution in [-0.2, 0) is 19.1 Å². The highest BCUT2D eigenvalue weighted by Crippen LogP contribution is 2.88. The molecule has 13 atom stereocenters. The van der Waals surface area contributed by atoms with Crippen molar-refractivity contribution in [1.29, 1.82) is 0 Å². The third-order valence-electron chi connectivity index (χ3n) is 13.4. The van der Waals surface area contributed by atoms with Crippen molar-refractivity contribution in [2.45, 2.75) is 105 Å². The number of carbonyl (C=O) groups excluding carboxylic acids is 3. The summed E-state index contributed by atoms with van der Waals surface area (Å²) in [5.41, 5.74) is -0.479. The Morgan fingerprint density at radius 2 is 1.82 bits per heavy atom. The van der Waals surface area contributed by atoms with Gasteiger partial charge < -0.3 is 20.1 Å². The zero-order valence-corrected chi connectivity index (χ0v) is 24.5. The van der Waals surface area contributed by atoms with Crippen molar-refractivity contribution in [3.05, 3.63) is 12.2 Å². The maximum atomic E-state index is 13.7. The van der Waals surface area contributed by atoms with Gasteiger partial charge in [0.15, 0.2) is 5.78 Å². The molecule has 5 aliphatic rings. The lowest BCUT2D eigenvalue weighted by Gasteiger charge is -2.61. The van der Waals surface area contributed by atoms with Crippen LogP contribution in [-0.4, -0.2) is 57.8 Å². The van der Waals surface area contributed by atoms with Crippen LogP contribution in [0.2, 0.25) is 0 Å². The Morgan fingerprint density at radius 3 is 2.44 bits per heavy atom. The van der Waals surface area contributed by atoms with Gasteiger partial charge in [-0.15, -0.1) is 0 Å².